The first-order valence-electron chi connectivity index (χ1n) is 24.2. The number of carbonyl (C=O) groups excluding carboxylic acids is 5. The van der Waals surface area contributed by atoms with E-state index in [9.17, 15) is 29.1 Å². The minimum Gasteiger partial charge on any atom is -0.497 e. The number of aldehydes is 1. The van der Waals surface area contributed by atoms with Crippen LogP contribution < -0.4 is 9.47 Å². The Labute approximate surface area is 421 Å². The van der Waals surface area contributed by atoms with Crippen molar-refractivity contribution >= 4 is 30.0 Å². The first-order valence-corrected chi connectivity index (χ1v) is 24.2. The summed E-state index contributed by atoms with van der Waals surface area (Å²) >= 11 is 0. The molecule has 4 aromatic carbocycles. The molecule has 16 nitrogen and oxygen atoms in total. The zero-order valence-corrected chi connectivity index (χ0v) is 42.9. The second-order valence-electron chi connectivity index (χ2n) is 20.9. The van der Waals surface area contributed by atoms with Crippen molar-refractivity contribution in [2.24, 2.45) is 11.8 Å². The topological polar surface area (TPSA) is 186 Å². The lowest BCUT2D eigenvalue weighted by Gasteiger charge is -2.44. The molecule has 4 aliphatic heterocycles. The number of ether oxygens (including phenoxy) is 8. The summed E-state index contributed by atoms with van der Waals surface area (Å²) in [6.45, 7) is 13.8. The lowest BCUT2D eigenvalue weighted by molar-refractivity contribution is -0.221. The molecule has 0 aliphatic carbocycles. The van der Waals surface area contributed by atoms with Gasteiger partial charge in [0.15, 0.2) is 24.4 Å². The number of hydrogen-bond acceptors (Lipinski definition) is 14. The van der Waals surface area contributed by atoms with Crippen molar-refractivity contribution < 1.29 is 67.0 Å². The minimum absolute atomic E-state index is 0.0335. The molecular weight excluding hydrogens is 925 g/mol. The number of aliphatic hydroxyl groups is 1. The van der Waals surface area contributed by atoms with Gasteiger partial charge in [0.05, 0.1) is 45.9 Å². The van der Waals surface area contributed by atoms with E-state index in [0.717, 1.165) is 22.3 Å². The molecule has 4 fully saturated rings. The highest BCUT2D eigenvalue weighted by atomic mass is 16.7. The van der Waals surface area contributed by atoms with Crippen LogP contribution in [0.15, 0.2) is 109 Å². The number of fused-ring (bicyclic) bond motifs is 2. The third-order valence-corrected chi connectivity index (χ3v) is 13.9. The van der Waals surface area contributed by atoms with Crippen molar-refractivity contribution in [3.63, 3.8) is 0 Å². The van der Waals surface area contributed by atoms with Crippen LogP contribution in [0.1, 0.15) is 90.5 Å². The van der Waals surface area contributed by atoms with E-state index < -0.39 is 76.4 Å². The van der Waals surface area contributed by atoms with Gasteiger partial charge in [0.25, 0.3) is 0 Å². The number of carbonyl (C=O) groups is 5. The number of esters is 2. The fraction of sp³-hybridized carbons (Fsp3) is 0.482. The van der Waals surface area contributed by atoms with Crippen LogP contribution in [0.5, 0.6) is 11.5 Å². The molecule has 0 bridgehead atoms. The summed E-state index contributed by atoms with van der Waals surface area (Å²) in [5.74, 6) is -2.25. The molecule has 8 atom stereocenters. The molecule has 0 radical (unpaired) electrons. The molecule has 4 saturated heterocycles. The molecule has 0 spiro atoms. The van der Waals surface area contributed by atoms with Gasteiger partial charge in [-0.05, 0) is 102 Å². The van der Waals surface area contributed by atoms with Gasteiger partial charge in [-0.2, -0.15) is 0 Å². The number of benzene rings is 4. The minimum atomic E-state index is -1.98. The fourth-order valence-corrected chi connectivity index (χ4v) is 10.2. The highest BCUT2D eigenvalue weighted by molar-refractivity contribution is 6.08. The van der Waals surface area contributed by atoms with Crippen molar-refractivity contribution in [3.05, 3.63) is 131 Å². The maximum absolute atomic E-state index is 13.8. The van der Waals surface area contributed by atoms with Gasteiger partial charge in [-0.15, -0.1) is 0 Å². The molecule has 8 rings (SSSR count). The Kier molecular flexibility index (Phi) is 15.7. The number of aliphatic hydroxyl groups excluding tert-OH is 1. The van der Waals surface area contributed by atoms with Gasteiger partial charge in [-0.3, -0.25) is 14.4 Å². The molecule has 0 aromatic heterocycles. The smallest absolute Gasteiger partial charge is 0.343 e. The van der Waals surface area contributed by atoms with Gasteiger partial charge in [0.1, 0.15) is 33.9 Å². The number of nitrogens with zero attached hydrogens (tertiary/aromatic N) is 2. The van der Waals surface area contributed by atoms with E-state index >= 15 is 0 Å². The molecule has 386 valence electrons. The lowest BCUT2D eigenvalue weighted by Crippen LogP contribution is -2.67. The number of methoxy groups -OCH3 is 2. The van der Waals surface area contributed by atoms with Gasteiger partial charge in [0.2, 0.25) is 17.4 Å². The first kappa shape index (κ1) is 53.6. The summed E-state index contributed by atoms with van der Waals surface area (Å²) in [5.41, 5.74) is -4.81. The summed E-state index contributed by atoms with van der Waals surface area (Å²) in [4.78, 5) is 70.7. The van der Waals surface area contributed by atoms with Crippen LogP contribution in [-0.2, 0) is 78.7 Å². The molecule has 4 aliphatic rings. The number of likely N-dealkylation sites (tertiary alicyclic amines) is 2. The highest BCUT2D eigenvalue weighted by Gasteiger charge is 2.76. The van der Waals surface area contributed by atoms with E-state index in [0.29, 0.717) is 24.4 Å². The summed E-state index contributed by atoms with van der Waals surface area (Å²) in [6.07, 6.45) is -0.470. The van der Waals surface area contributed by atoms with E-state index in [1.54, 1.807) is 106 Å². The van der Waals surface area contributed by atoms with Crippen LogP contribution in [0.2, 0.25) is 0 Å². The first-order chi connectivity index (χ1) is 34.1. The average molecular weight is 993 g/mol. The van der Waals surface area contributed by atoms with E-state index in [2.05, 4.69) is 0 Å². The van der Waals surface area contributed by atoms with Crippen LogP contribution in [-0.4, -0.2) is 112 Å². The predicted molar refractivity (Wildman–Crippen MR) is 263 cm³/mol. The number of amides is 2. The van der Waals surface area contributed by atoms with Crippen LogP contribution in [0, 0.1) is 11.8 Å². The van der Waals surface area contributed by atoms with Crippen molar-refractivity contribution in [3.8, 4) is 11.5 Å². The van der Waals surface area contributed by atoms with Gasteiger partial charge in [-0.25, -0.2) is 9.59 Å². The lowest BCUT2D eigenvalue weighted by atomic mass is 9.76. The van der Waals surface area contributed by atoms with Gasteiger partial charge < -0.3 is 52.8 Å². The Hall–Kier alpha value is -6.17. The van der Waals surface area contributed by atoms with Crippen molar-refractivity contribution in [2.75, 3.05) is 20.8 Å². The molecule has 1 N–H and O–H groups in total. The molecule has 0 saturated carbocycles. The third kappa shape index (κ3) is 10.4. The maximum atomic E-state index is 13.8. The van der Waals surface area contributed by atoms with Gasteiger partial charge in [0, 0.05) is 25.9 Å². The van der Waals surface area contributed by atoms with Crippen molar-refractivity contribution in [1.29, 1.82) is 0 Å². The Bertz CT molecular complexity index is 2550. The van der Waals surface area contributed by atoms with Crippen molar-refractivity contribution in [2.45, 2.75) is 141 Å². The van der Waals surface area contributed by atoms with E-state index in [-0.39, 0.29) is 44.4 Å². The van der Waals surface area contributed by atoms with Crippen molar-refractivity contribution in [1.82, 2.24) is 9.80 Å². The average Bonchev–Trinajstić information content (AvgIpc) is 3.98. The van der Waals surface area contributed by atoms with Crippen LogP contribution in [0.25, 0.3) is 0 Å². The van der Waals surface area contributed by atoms with Crippen LogP contribution in [0.4, 0.5) is 0 Å². The van der Waals surface area contributed by atoms with Gasteiger partial charge >= 0.3 is 11.9 Å². The zero-order chi connectivity index (χ0) is 52.3. The predicted octanol–water partition coefficient (Wildman–Crippen LogP) is 7.10. The zero-order valence-electron chi connectivity index (χ0n) is 42.9. The normalized spacial score (nSPS) is 27.7. The molecular formula is C56H68N2O14. The summed E-state index contributed by atoms with van der Waals surface area (Å²) in [5, 5.41) is 10.8. The highest BCUT2D eigenvalue weighted by Crippen LogP contribution is 2.55. The summed E-state index contributed by atoms with van der Waals surface area (Å²) in [6, 6.07) is 33.6. The molecule has 0 unspecified atom stereocenters. The monoisotopic (exact) mass is 992 g/mol. The maximum Gasteiger partial charge on any atom is 0.343 e. The summed E-state index contributed by atoms with van der Waals surface area (Å²) < 4.78 is 46.5. The Morgan fingerprint density at radius 2 is 1.01 bits per heavy atom. The second-order valence-corrected chi connectivity index (χ2v) is 20.9. The Balaban J connectivity index is 0.000000211. The molecule has 72 heavy (non-hydrogen) atoms. The third-order valence-electron chi connectivity index (χ3n) is 13.9. The van der Waals surface area contributed by atoms with Crippen LogP contribution in [0.3, 0.4) is 0 Å². The van der Waals surface area contributed by atoms with E-state index in [4.69, 9.17) is 37.9 Å². The van der Waals surface area contributed by atoms with E-state index in [1.165, 1.54) is 9.80 Å². The number of hydrogen-bond donors (Lipinski definition) is 1. The Morgan fingerprint density at radius 1 is 0.611 bits per heavy atom. The van der Waals surface area contributed by atoms with Gasteiger partial charge in [-0.1, -0.05) is 84.9 Å². The molecule has 2 amide bonds. The molecule has 4 heterocycles. The SMILES string of the molecule is COc1ccc(CN2C(=O)[C@@H]3C[C@H](OCc4ccccc4)O[C@]3(C)[C@]2(C=O)C(=O)OC(C)(C)C)cc1.COc1ccc(CN2C(=O)[C@@H]3C[C@H](OCc4ccccc4)O[C@]3(C)[C@]2(CO)C(=O)OC(C)(C)C)cc1. The molecule has 4 aromatic rings. The fourth-order valence-electron chi connectivity index (χ4n) is 10.2. The van der Waals surface area contributed by atoms with E-state index in [1.807, 2.05) is 72.8 Å². The number of rotatable bonds is 16. The van der Waals surface area contributed by atoms with Crippen LogP contribution >= 0.6 is 0 Å². The quantitative estimate of drug-likeness (QED) is 0.0681. The molecule has 16 heteroatoms. The summed E-state index contributed by atoms with van der Waals surface area (Å²) in [7, 11) is 3.14. The standard InChI is InChI=1S/C28H35NO7.C28H33NO7/c2*1-26(2,3)36-25(32)28(18-30)27(4)22(15-23(35-27)34-17-20-9-7-6-8-10-20)24(31)29(28)16-19-11-13-21(33-5)14-12-19/h6-14,22-23,30H,15-18H2,1-5H3;6-14,18,22-23H,15-17H2,1-5H3/t2*22-,23+,27-,28-/m00/s1. The second kappa shape index (κ2) is 21.1. The Morgan fingerprint density at radius 3 is 1.43 bits per heavy atom. The largest absolute Gasteiger partial charge is 0.497 e.